The summed E-state index contributed by atoms with van der Waals surface area (Å²) in [6.45, 7) is 3.72. The standard InChI is InChI=1S/C57H108O14/c1-3-5-7-9-11-13-15-17-19-20-21-22-23-24-25-26-28-30-32-34-36-38-40-49(59)69-46(43-66-41-39-37-35-33-31-29-27-18-16-14-12-10-8-6-4-2)44-67-56-55(65)53(63)51(61)48(71-56)45-68-57-54(64)52(62)50(60)47(42-58)70-57/h16,18,46-48,50-58,60-65H,3-15,17,19-45H2,1-2H3/b18-16-. The Kier molecular flexibility index (Phi) is 41.7. The molecular formula is C57H108O14. The fourth-order valence-electron chi connectivity index (χ4n) is 9.52. The largest absolute Gasteiger partial charge is 0.457 e. The third-order valence-corrected chi connectivity index (χ3v) is 14.3. The first-order valence-corrected chi connectivity index (χ1v) is 29.3. The Morgan fingerprint density at radius 1 is 0.451 bits per heavy atom. The van der Waals surface area contributed by atoms with Crippen LogP contribution in [-0.2, 0) is 33.2 Å². The summed E-state index contributed by atoms with van der Waals surface area (Å²) in [5.74, 6) is -0.372. The number of rotatable bonds is 48. The van der Waals surface area contributed by atoms with Gasteiger partial charge in [-0.25, -0.2) is 0 Å². The Morgan fingerprint density at radius 3 is 1.28 bits per heavy atom. The zero-order valence-corrected chi connectivity index (χ0v) is 45.0. The third kappa shape index (κ3) is 32.0. The molecule has 7 N–H and O–H groups in total. The summed E-state index contributed by atoms with van der Waals surface area (Å²) in [7, 11) is 0. The molecule has 71 heavy (non-hydrogen) atoms. The molecule has 14 nitrogen and oxygen atoms in total. The number of carbonyl (C=O) groups excluding carboxylic acids is 1. The average molecular weight is 1020 g/mol. The second-order valence-corrected chi connectivity index (χ2v) is 20.8. The number of esters is 1. The van der Waals surface area contributed by atoms with Gasteiger partial charge in [0.15, 0.2) is 12.6 Å². The average Bonchev–Trinajstić information content (AvgIpc) is 3.37. The van der Waals surface area contributed by atoms with Crippen LogP contribution in [0.25, 0.3) is 0 Å². The highest BCUT2D eigenvalue weighted by Crippen LogP contribution is 2.27. The van der Waals surface area contributed by atoms with Gasteiger partial charge in [-0.2, -0.15) is 0 Å². The van der Waals surface area contributed by atoms with Crippen molar-refractivity contribution in [3.63, 3.8) is 0 Å². The van der Waals surface area contributed by atoms with Crippen molar-refractivity contribution in [2.24, 2.45) is 0 Å². The van der Waals surface area contributed by atoms with Gasteiger partial charge in [-0.3, -0.25) is 4.79 Å². The molecule has 2 fully saturated rings. The second-order valence-electron chi connectivity index (χ2n) is 20.8. The van der Waals surface area contributed by atoms with E-state index in [4.69, 9.17) is 28.4 Å². The maximum atomic E-state index is 13.1. The molecule has 0 saturated carbocycles. The van der Waals surface area contributed by atoms with E-state index in [-0.39, 0.29) is 25.6 Å². The van der Waals surface area contributed by atoms with Crippen molar-refractivity contribution in [3.8, 4) is 0 Å². The Balaban J connectivity index is 1.70. The quantitative estimate of drug-likeness (QED) is 0.0172. The highest BCUT2D eigenvalue weighted by molar-refractivity contribution is 5.69. The van der Waals surface area contributed by atoms with Crippen molar-refractivity contribution >= 4 is 5.97 Å². The first-order chi connectivity index (χ1) is 34.6. The van der Waals surface area contributed by atoms with Gasteiger partial charge in [0.25, 0.3) is 0 Å². The van der Waals surface area contributed by atoms with Crippen LogP contribution in [0.2, 0.25) is 0 Å². The predicted octanol–water partition coefficient (Wildman–Crippen LogP) is 10.2. The molecular weight excluding hydrogens is 909 g/mol. The molecule has 420 valence electrons. The van der Waals surface area contributed by atoms with E-state index in [1.807, 2.05) is 0 Å². The van der Waals surface area contributed by atoms with E-state index < -0.39 is 80.7 Å². The lowest BCUT2D eigenvalue weighted by molar-refractivity contribution is -0.332. The fraction of sp³-hybridized carbons (Fsp3) is 0.947. The molecule has 0 aliphatic carbocycles. The lowest BCUT2D eigenvalue weighted by Crippen LogP contribution is -2.61. The zero-order chi connectivity index (χ0) is 51.6. The van der Waals surface area contributed by atoms with E-state index >= 15 is 0 Å². The van der Waals surface area contributed by atoms with Gasteiger partial charge in [0.1, 0.15) is 54.9 Å². The van der Waals surface area contributed by atoms with Gasteiger partial charge in [-0.15, -0.1) is 0 Å². The van der Waals surface area contributed by atoms with Gasteiger partial charge in [0.2, 0.25) is 0 Å². The summed E-state index contributed by atoms with van der Waals surface area (Å²) in [4.78, 5) is 13.1. The van der Waals surface area contributed by atoms with Crippen molar-refractivity contribution in [2.75, 3.05) is 33.0 Å². The van der Waals surface area contributed by atoms with Crippen LogP contribution in [0.15, 0.2) is 12.2 Å². The van der Waals surface area contributed by atoms with Crippen LogP contribution in [-0.4, -0.2) is 142 Å². The number of aliphatic hydroxyl groups is 7. The summed E-state index contributed by atoms with van der Waals surface area (Å²) >= 11 is 0. The normalized spacial score (nSPS) is 25.3. The van der Waals surface area contributed by atoms with Crippen molar-refractivity contribution in [1.82, 2.24) is 0 Å². The Labute approximate surface area is 431 Å². The van der Waals surface area contributed by atoms with Gasteiger partial charge in [0, 0.05) is 13.0 Å². The summed E-state index contributed by atoms with van der Waals surface area (Å²) in [6.07, 6.45) is 32.7. The molecule has 2 aliphatic rings. The molecule has 2 aliphatic heterocycles. The topological polar surface area (TPSA) is 214 Å². The van der Waals surface area contributed by atoms with Crippen molar-refractivity contribution < 1.29 is 69.0 Å². The SMILES string of the molecule is CCCCCCC/C=C\CCCCCCCCOCC(COC1OC(COC2OC(CO)C(O)C(O)C2O)C(O)C(O)C1O)OC(=O)CCCCCCCCCCCCCCCCCCCCCCCC. The van der Waals surface area contributed by atoms with Gasteiger partial charge in [-0.05, 0) is 38.5 Å². The third-order valence-electron chi connectivity index (χ3n) is 14.3. The van der Waals surface area contributed by atoms with Crippen LogP contribution in [0.4, 0.5) is 0 Å². The predicted molar refractivity (Wildman–Crippen MR) is 280 cm³/mol. The van der Waals surface area contributed by atoms with Crippen molar-refractivity contribution in [3.05, 3.63) is 12.2 Å². The lowest BCUT2D eigenvalue weighted by Gasteiger charge is -2.42. The monoisotopic (exact) mass is 1020 g/mol. The number of carbonyl (C=O) groups is 1. The molecule has 11 atom stereocenters. The first-order valence-electron chi connectivity index (χ1n) is 29.3. The van der Waals surface area contributed by atoms with E-state index in [2.05, 4.69) is 26.0 Å². The van der Waals surface area contributed by atoms with E-state index in [0.29, 0.717) is 13.0 Å². The molecule has 11 unspecified atom stereocenters. The summed E-state index contributed by atoms with van der Waals surface area (Å²) in [5, 5.41) is 72.3. The molecule has 0 radical (unpaired) electrons. The van der Waals surface area contributed by atoms with Crippen LogP contribution >= 0.6 is 0 Å². The second kappa shape index (κ2) is 45.0. The first kappa shape index (κ1) is 65.8. The number of unbranched alkanes of at least 4 members (excludes halogenated alkanes) is 32. The van der Waals surface area contributed by atoms with Crippen LogP contribution in [0.5, 0.6) is 0 Å². The Hall–Kier alpha value is -1.27. The van der Waals surface area contributed by atoms with Crippen LogP contribution < -0.4 is 0 Å². The number of ether oxygens (including phenoxy) is 6. The molecule has 2 saturated heterocycles. The van der Waals surface area contributed by atoms with Gasteiger partial charge in [-0.1, -0.05) is 212 Å². The van der Waals surface area contributed by atoms with Gasteiger partial charge < -0.3 is 64.2 Å². The number of hydrogen-bond acceptors (Lipinski definition) is 14. The molecule has 2 heterocycles. The smallest absolute Gasteiger partial charge is 0.306 e. The molecule has 0 aromatic rings. The molecule has 14 heteroatoms. The van der Waals surface area contributed by atoms with Crippen LogP contribution in [0, 0.1) is 0 Å². The minimum absolute atomic E-state index is 0.0632. The van der Waals surface area contributed by atoms with Crippen LogP contribution in [0.3, 0.4) is 0 Å². The Morgan fingerprint density at radius 2 is 0.831 bits per heavy atom. The number of hydrogen-bond donors (Lipinski definition) is 7. The van der Waals surface area contributed by atoms with E-state index in [1.165, 1.54) is 173 Å². The molecule has 0 bridgehead atoms. The molecule has 2 rings (SSSR count). The maximum absolute atomic E-state index is 13.1. The lowest BCUT2D eigenvalue weighted by atomic mass is 9.98. The van der Waals surface area contributed by atoms with Crippen molar-refractivity contribution in [2.45, 2.75) is 313 Å². The molecule has 0 amide bonds. The zero-order valence-electron chi connectivity index (χ0n) is 45.0. The van der Waals surface area contributed by atoms with E-state index in [0.717, 1.165) is 44.9 Å². The summed E-state index contributed by atoms with van der Waals surface area (Å²) in [6, 6.07) is 0. The fourth-order valence-corrected chi connectivity index (χ4v) is 9.52. The Bertz CT molecular complexity index is 1230. The molecule has 0 aromatic carbocycles. The highest BCUT2D eigenvalue weighted by Gasteiger charge is 2.47. The summed E-state index contributed by atoms with van der Waals surface area (Å²) < 4.78 is 34.4. The number of aliphatic hydroxyl groups excluding tert-OH is 7. The maximum Gasteiger partial charge on any atom is 0.306 e. The highest BCUT2D eigenvalue weighted by atomic mass is 16.7. The van der Waals surface area contributed by atoms with Gasteiger partial charge in [0.05, 0.1) is 26.4 Å². The van der Waals surface area contributed by atoms with Crippen molar-refractivity contribution in [1.29, 1.82) is 0 Å². The summed E-state index contributed by atoms with van der Waals surface area (Å²) in [5.41, 5.74) is 0. The number of allylic oxidation sites excluding steroid dienone is 2. The van der Waals surface area contributed by atoms with E-state index in [1.54, 1.807) is 0 Å². The van der Waals surface area contributed by atoms with Gasteiger partial charge >= 0.3 is 5.97 Å². The van der Waals surface area contributed by atoms with Crippen LogP contribution in [0.1, 0.15) is 245 Å². The van der Waals surface area contributed by atoms with E-state index in [9.17, 15) is 40.5 Å². The molecule has 0 spiro atoms. The minimum atomic E-state index is -1.70. The minimum Gasteiger partial charge on any atom is -0.457 e. The molecule has 0 aromatic heterocycles.